The average Bonchev–Trinajstić information content (AvgIpc) is 2.25. The molecule has 0 aliphatic carbocycles. The molecule has 0 saturated carbocycles. The van der Waals surface area contributed by atoms with Crippen LogP contribution in [0.15, 0.2) is 30.3 Å². The fourth-order valence-electron chi connectivity index (χ4n) is 1.06. The molecule has 0 fully saturated rings. The first-order valence-corrected chi connectivity index (χ1v) is 4.82. The van der Waals surface area contributed by atoms with Gasteiger partial charge in [0.05, 0.1) is 0 Å². The molecule has 1 amide bonds. The molecule has 0 saturated heterocycles. The molecule has 1 rings (SSSR count). The summed E-state index contributed by atoms with van der Waals surface area (Å²) in [7, 11) is 1.72. The Morgan fingerprint density at radius 1 is 1.53 bits per heavy atom. The maximum Gasteiger partial charge on any atom is 0.246 e. The van der Waals surface area contributed by atoms with Crippen LogP contribution in [-0.4, -0.2) is 24.4 Å². The van der Waals surface area contributed by atoms with Crippen molar-refractivity contribution in [2.24, 2.45) is 0 Å². The van der Waals surface area contributed by atoms with Crippen LogP contribution in [0.3, 0.4) is 0 Å². The number of likely N-dealkylation sites (N-methyl/N-ethyl adjacent to an activating group) is 1. The number of amides is 1. The molecule has 15 heavy (non-hydrogen) atoms. The Labute approximate surface area is 89.0 Å². The van der Waals surface area contributed by atoms with E-state index in [1.54, 1.807) is 30.2 Å². The number of hydrogen-bond acceptors (Lipinski definition) is 1. The van der Waals surface area contributed by atoms with E-state index in [0.717, 1.165) is 0 Å². The lowest BCUT2D eigenvalue weighted by Crippen LogP contribution is -2.23. The highest BCUT2D eigenvalue weighted by atomic mass is 19.1. The third kappa shape index (κ3) is 3.54. The lowest BCUT2D eigenvalue weighted by atomic mass is 10.2. The van der Waals surface area contributed by atoms with E-state index in [-0.39, 0.29) is 11.7 Å². The Balaban J connectivity index is 2.69. The van der Waals surface area contributed by atoms with Crippen LogP contribution in [0, 0.1) is 5.82 Å². The van der Waals surface area contributed by atoms with Gasteiger partial charge in [-0.1, -0.05) is 12.1 Å². The van der Waals surface area contributed by atoms with Crippen LogP contribution in [0.5, 0.6) is 0 Å². The Morgan fingerprint density at radius 3 is 2.87 bits per heavy atom. The van der Waals surface area contributed by atoms with Crippen LogP contribution in [0.2, 0.25) is 0 Å². The van der Waals surface area contributed by atoms with E-state index < -0.39 is 0 Å². The van der Waals surface area contributed by atoms with E-state index >= 15 is 0 Å². The molecule has 0 aliphatic rings. The highest BCUT2D eigenvalue weighted by Crippen LogP contribution is 2.05. The van der Waals surface area contributed by atoms with Crippen molar-refractivity contribution >= 4 is 12.0 Å². The number of hydrogen-bond donors (Lipinski definition) is 0. The molecule has 0 aromatic heterocycles. The van der Waals surface area contributed by atoms with Crippen molar-refractivity contribution in [1.29, 1.82) is 0 Å². The summed E-state index contributed by atoms with van der Waals surface area (Å²) in [6, 6.07) is 6.12. The quantitative estimate of drug-likeness (QED) is 0.696. The number of rotatable bonds is 3. The molecule has 0 spiro atoms. The minimum atomic E-state index is -0.298. The van der Waals surface area contributed by atoms with Crippen molar-refractivity contribution in [3.8, 4) is 0 Å². The normalized spacial score (nSPS) is 10.6. The standard InChI is InChI=1S/C12H14FNO/c1-3-14(2)12(15)8-7-10-5-4-6-11(13)9-10/h4-9H,3H2,1-2H3/b8-7+. The summed E-state index contributed by atoms with van der Waals surface area (Å²) >= 11 is 0. The molecular formula is C12H14FNO. The zero-order chi connectivity index (χ0) is 11.3. The van der Waals surface area contributed by atoms with Gasteiger partial charge in [0.1, 0.15) is 5.82 Å². The number of nitrogens with zero attached hydrogens (tertiary/aromatic N) is 1. The number of benzene rings is 1. The van der Waals surface area contributed by atoms with Gasteiger partial charge in [0.15, 0.2) is 0 Å². The molecule has 0 bridgehead atoms. The molecule has 0 atom stereocenters. The average molecular weight is 207 g/mol. The first-order valence-electron chi connectivity index (χ1n) is 4.82. The maximum absolute atomic E-state index is 12.8. The van der Waals surface area contributed by atoms with E-state index in [4.69, 9.17) is 0 Å². The van der Waals surface area contributed by atoms with Crippen LogP contribution >= 0.6 is 0 Å². The molecule has 1 aromatic rings. The van der Waals surface area contributed by atoms with Gasteiger partial charge in [-0.05, 0) is 30.7 Å². The maximum atomic E-state index is 12.8. The predicted molar refractivity (Wildman–Crippen MR) is 58.7 cm³/mol. The zero-order valence-corrected chi connectivity index (χ0v) is 8.90. The van der Waals surface area contributed by atoms with Crippen LogP contribution in [-0.2, 0) is 4.79 Å². The first kappa shape index (κ1) is 11.4. The second kappa shape index (κ2) is 5.29. The van der Waals surface area contributed by atoms with Gasteiger partial charge < -0.3 is 4.90 Å². The van der Waals surface area contributed by atoms with Crippen LogP contribution < -0.4 is 0 Å². The highest BCUT2D eigenvalue weighted by molar-refractivity contribution is 5.91. The van der Waals surface area contributed by atoms with Gasteiger partial charge in [0, 0.05) is 19.7 Å². The number of carbonyl (C=O) groups excluding carboxylic acids is 1. The van der Waals surface area contributed by atoms with Gasteiger partial charge in [-0.3, -0.25) is 4.79 Å². The molecular weight excluding hydrogens is 193 g/mol. The molecule has 3 heteroatoms. The predicted octanol–water partition coefficient (Wildman–Crippen LogP) is 2.32. The largest absolute Gasteiger partial charge is 0.343 e. The van der Waals surface area contributed by atoms with Gasteiger partial charge >= 0.3 is 0 Å². The van der Waals surface area contributed by atoms with Gasteiger partial charge in [-0.2, -0.15) is 0 Å². The SMILES string of the molecule is CCN(C)C(=O)/C=C/c1cccc(F)c1. The summed E-state index contributed by atoms with van der Waals surface area (Å²) in [4.78, 5) is 13.0. The van der Waals surface area contributed by atoms with Crippen molar-refractivity contribution in [3.05, 3.63) is 41.7 Å². The molecule has 0 radical (unpaired) electrons. The molecule has 2 nitrogen and oxygen atoms in total. The van der Waals surface area contributed by atoms with E-state index in [0.29, 0.717) is 12.1 Å². The summed E-state index contributed by atoms with van der Waals surface area (Å²) in [5.74, 6) is -0.379. The lowest BCUT2D eigenvalue weighted by Gasteiger charge is -2.10. The van der Waals surface area contributed by atoms with Crippen LogP contribution in [0.25, 0.3) is 6.08 Å². The van der Waals surface area contributed by atoms with Crippen molar-refractivity contribution in [1.82, 2.24) is 4.90 Å². The van der Waals surface area contributed by atoms with Crippen LogP contribution in [0.4, 0.5) is 4.39 Å². The molecule has 1 aromatic carbocycles. The Morgan fingerprint density at radius 2 is 2.27 bits per heavy atom. The molecule has 80 valence electrons. The summed E-state index contributed by atoms with van der Waals surface area (Å²) in [6.07, 6.45) is 3.05. The Kier molecular flexibility index (Phi) is 4.03. The second-order valence-corrected chi connectivity index (χ2v) is 3.24. The summed E-state index contributed by atoms with van der Waals surface area (Å²) < 4.78 is 12.8. The minimum absolute atomic E-state index is 0.0817. The zero-order valence-electron chi connectivity index (χ0n) is 8.90. The molecule has 0 unspecified atom stereocenters. The molecule has 0 N–H and O–H groups in total. The minimum Gasteiger partial charge on any atom is -0.343 e. The van der Waals surface area contributed by atoms with Gasteiger partial charge in [0.25, 0.3) is 0 Å². The summed E-state index contributed by atoms with van der Waals surface area (Å²) in [6.45, 7) is 2.56. The Bertz CT molecular complexity index is 374. The second-order valence-electron chi connectivity index (χ2n) is 3.24. The van der Waals surface area contributed by atoms with Gasteiger partial charge in [-0.15, -0.1) is 0 Å². The van der Waals surface area contributed by atoms with Crippen molar-refractivity contribution in [3.63, 3.8) is 0 Å². The highest BCUT2D eigenvalue weighted by Gasteiger charge is 2.00. The summed E-state index contributed by atoms with van der Waals surface area (Å²) in [5.41, 5.74) is 0.688. The number of halogens is 1. The number of carbonyl (C=O) groups is 1. The Hall–Kier alpha value is -1.64. The van der Waals surface area contributed by atoms with E-state index in [1.807, 2.05) is 6.92 Å². The van der Waals surface area contributed by atoms with E-state index in [1.165, 1.54) is 18.2 Å². The third-order valence-corrected chi connectivity index (χ3v) is 2.12. The third-order valence-electron chi connectivity index (χ3n) is 2.12. The molecule has 0 heterocycles. The smallest absolute Gasteiger partial charge is 0.246 e. The van der Waals surface area contributed by atoms with Gasteiger partial charge in [0.2, 0.25) is 5.91 Å². The fourth-order valence-corrected chi connectivity index (χ4v) is 1.06. The lowest BCUT2D eigenvalue weighted by molar-refractivity contribution is -0.124. The van der Waals surface area contributed by atoms with Crippen molar-refractivity contribution in [2.45, 2.75) is 6.92 Å². The van der Waals surface area contributed by atoms with Gasteiger partial charge in [-0.25, -0.2) is 4.39 Å². The monoisotopic (exact) mass is 207 g/mol. The summed E-state index contributed by atoms with van der Waals surface area (Å²) in [5, 5.41) is 0. The first-order chi connectivity index (χ1) is 7.13. The van der Waals surface area contributed by atoms with Crippen molar-refractivity contribution in [2.75, 3.05) is 13.6 Å². The van der Waals surface area contributed by atoms with E-state index in [2.05, 4.69) is 0 Å². The van der Waals surface area contributed by atoms with E-state index in [9.17, 15) is 9.18 Å². The van der Waals surface area contributed by atoms with Crippen LogP contribution in [0.1, 0.15) is 12.5 Å². The topological polar surface area (TPSA) is 20.3 Å². The molecule has 0 aliphatic heterocycles. The van der Waals surface area contributed by atoms with Crippen molar-refractivity contribution < 1.29 is 9.18 Å². The fraction of sp³-hybridized carbons (Fsp3) is 0.250.